The summed E-state index contributed by atoms with van der Waals surface area (Å²) in [5.41, 5.74) is 6.49. The maximum Gasteiger partial charge on any atom is 0.261 e. The molecule has 2 heterocycles. The maximum absolute atomic E-state index is 14.0. The molecular weight excluding hydrogens is 463 g/mol. The number of nitrogens with zero attached hydrogens (tertiary/aromatic N) is 2. The average Bonchev–Trinajstić information content (AvgIpc) is 3.16. The first-order chi connectivity index (χ1) is 16.3. The van der Waals surface area contributed by atoms with Gasteiger partial charge in [0, 0.05) is 19.2 Å². The molecule has 3 rings (SSSR count). The molecule has 2 aromatic heterocycles. The molecule has 0 bridgehead atoms. The van der Waals surface area contributed by atoms with Gasteiger partial charge in [-0.05, 0) is 44.5 Å². The van der Waals surface area contributed by atoms with Crippen molar-refractivity contribution in [3.05, 3.63) is 40.8 Å². The number of hydrogen-bond donors (Lipinski definition) is 5. The van der Waals surface area contributed by atoms with Crippen LogP contribution in [0.5, 0.6) is 5.75 Å². The lowest BCUT2D eigenvalue weighted by Gasteiger charge is -2.18. The number of carbonyl (C=O) groups is 2. The number of carbonyl (C=O) groups excluding carboxylic acids is 2. The molecule has 10 nitrogen and oxygen atoms in total. The maximum atomic E-state index is 14.0. The van der Waals surface area contributed by atoms with Crippen molar-refractivity contribution in [3.8, 4) is 5.75 Å². The summed E-state index contributed by atoms with van der Waals surface area (Å²) in [6.45, 7) is 4.18. The van der Waals surface area contributed by atoms with Crippen molar-refractivity contribution >= 4 is 44.9 Å². The zero-order valence-electron chi connectivity index (χ0n) is 18.9. The molecule has 34 heavy (non-hydrogen) atoms. The molecule has 182 valence electrons. The Bertz CT molecular complexity index is 1170. The van der Waals surface area contributed by atoms with Crippen LogP contribution in [0.25, 0.3) is 10.2 Å². The van der Waals surface area contributed by atoms with Gasteiger partial charge in [0.2, 0.25) is 0 Å². The van der Waals surface area contributed by atoms with Gasteiger partial charge < -0.3 is 31.5 Å². The fourth-order valence-corrected chi connectivity index (χ4v) is 4.22. The van der Waals surface area contributed by atoms with E-state index in [1.165, 1.54) is 35.9 Å². The number of nitrogens with one attached hydrogen (secondary N) is 3. The standard InChI is InChI=1S/C22H27FN6O4S/c1-12-17-19(27-11-28-22(17)34-18(12)21(32)26-8-9-30)29-15-5-4-14(23)10-16(15)33-13(2)20(31)25-7-3-6-24/h4-5,10-11,13,30H,3,6-9,24H2,1-2H3,(H,25,31)(H,26,32)(H,27,28,29). The zero-order chi connectivity index (χ0) is 24.7. The second-order valence-corrected chi connectivity index (χ2v) is 8.40. The second-order valence-electron chi connectivity index (χ2n) is 7.40. The molecule has 0 saturated carbocycles. The quantitative estimate of drug-likeness (QED) is 0.255. The van der Waals surface area contributed by atoms with Crippen LogP contribution in [0.4, 0.5) is 15.9 Å². The van der Waals surface area contributed by atoms with E-state index >= 15 is 0 Å². The Morgan fingerprint density at radius 3 is 2.79 bits per heavy atom. The number of amides is 2. The molecule has 0 aliphatic carbocycles. The molecule has 0 fully saturated rings. The summed E-state index contributed by atoms with van der Waals surface area (Å²) < 4.78 is 19.7. The largest absolute Gasteiger partial charge is 0.479 e. The summed E-state index contributed by atoms with van der Waals surface area (Å²) in [4.78, 5) is 34.3. The molecule has 2 amide bonds. The third-order valence-electron chi connectivity index (χ3n) is 4.88. The average molecular weight is 491 g/mol. The minimum absolute atomic E-state index is 0.127. The summed E-state index contributed by atoms with van der Waals surface area (Å²) >= 11 is 1.20. The van der Waals surface area contributed by atoms with E-state index in [9.17, 15) is 14.0 Å². The van der Waals surface area contributed by atoms with Crippen LogP contribution in [-0.2, 0) is 4.79 Å². The number of thiophene rings is 1. The van der Waals surface area contributed by atoms with Gasteiger partial charge in [-0.15, -0.1) is 11.3 Å². The Balaban J connectivity index is 1.88. The first kappa shape index (κ1) is 25.3. The number of hydrogen-bond acceptors (Lipinski definition) is 9. The third kappa shape index (κ3) is 5.95. The van der Waals surface area contributed by atoms with E-state index in [1.54, 1.807) is 13.8 Å². The van der Waals surface area contributed by atoms with E-state index in [-0.39, 0.29) is 30.7 Å². The number of aromatic nitrogens is 2. The van der Waals surface area contributed by atoms with Crippen molar-refractivity contribution < 1.29 is 23.8 Å². The highest BCUT2D eigenvalue weighted by molar-refractivity contribution is 7.20. The number of ether oxygens (including phenoxy) is 1. The van der Waals surface area contributed by atoms with Gasteiger partial charge in [-0.25, -0.2) is 14.4 Å². The molecule has 0 spiro atoms. The van der Waals surface area contributed by atoms with Crippen molar-refractivity contribution in [2.75, 3.05) is 31.6 Å². The number of aryl methyl sites for hydroxylation is 1. The molecule has 0 aliphatic heterocycles. The van der Waals surface area contributed by atoms with Crippen LogP contribution in [0.2, 0.25) is 0 Å². The number of fused-ring (bicyclic) bond motifs is 1. The van der Waals surface area contributed by atoms with Crippen molar-refractivity contribution in [2.24, 2.45) is 5.73 Å². The highest BCUT2D eigenvalue weighted by atomic mass is 32.1. The van der Waals surface area contributed by atoms with E-state index in [2.05, 4.69) is 25.9 Å². The lowest BCUT2D eigenvalue weighted by atomic mass is 10.2. The Morgan fingerprint density at radius 2 is 2.06 bits per heavy atom. The van der Waals surface area contributed by atoms with Gasteiger partial charge in [0.25, 0.3) is 11.8 Å². The van der Waals surface area contributed by atoms with Crippen molar-refractivity contribution in [1.29, 1.82) is 0 Å². The highest BCUT2D eigenvalue weighted by Crippen LogP contribution is 2.36. The van der Waals surface area contributed by atoms with Crippen LogP contribution < -0.4 is 26.4 Å². The van der Waals surface area contributed by atoms with Gasteiger partial charge in [0.05, 0.1) is 22.6 Å². The van der Waals surface area contributed by atoms with Gasteiger partial charge in [-0.1, -0.05) is 0 Å². The molecule has 0 radical (unpaired) electrons. The van der Waals surface area contributed by atoms with E-state index in [4.69, 9.17) is 15.6 Å². The van der Waals surface area contributed by atoms with Crippen LogP contribution >= 0.6 is 11.3 Å². The fourth-order valence-electron chi connectivity index (χ4n) is 3.16. The number of benzene rings is 1. The molecule has 1 unspecified atom stereocenters. The minimum atomic E-state index is -0.879. The number of anilines is 2. The predicted molar refractivity (Wildman–Crippen MR) is 128 cm³/mol. The lowest BCUT2D eigenvalue weighted by molar-refractivity contribution is -0.127. The Morgan fingerprint density at radius 1 is 1.26 bits per heavy atom. The predicted octanol–water partition coefficient (Wildman–Crippen LogP) is 1.84. The van der Waals surface area contributed by atoms with Crippen LogP contribution in [0.1, 0.15) is 28.6 Å². The Kier molecular flexibility index (Phi) is 8.68. The van der Waals surface area contributed by atoms with Gasteiger partial charge in [-0.3, -0.25) is 9.59 Å². The van der Waals surface area contributed by atoms with E-state index in [1.807, 2.05) is 0 Å². The topological polar surface area (TPSA) is 151 Å². The first-order valence-electron chi connectivity index (χ1n) is 10.7. The van der Waals surface area contributed by atoms with Crippen LogP contribution in [0.3, 0.4) is 0 Å². The number of aliphatic hydroxyl groups excluding tert-OH is 1. The number of halogens is 1. The number of aliphatic hydroxyl groups is 1. The Labute approximate surface area is 199 Å². The van der Waals surface area contributed by atoms with E-state index < -0.39 is 11.9 Å². The monoisotopic (exact) mass is 490 g/mol. The highest BCUT2D eigenvalue weighted by Gasteiger charge is 2.21. The third-order valence-corrected chi connectivity index (χ3v) is 6.08. The summed E-state index contributed by atoms with van der Waals surface area (Å²) in [6.07, 6.45) is 1.11. The summed E-state index contributed by atoms with van der Waals surface area (Å²) in [5.74, 6) is -0.668. The summed E-state index contributed by atoms with van der Waals surface area (Å²) in [7, 11) is 0. The normalized spacial score (nSPS) is 11.8. The lowest BCUT2D eigenvalue weighted by Crippen LogP contribution is -2.37. The van der Waals surface area contributed by atoms with Crippen LogP contribution in [0, 0.1) is 12.7 Å². The van der Waals surface area contributed by atoms with Crippen molar-refractivity contribution in [3.63, 3.8) is 0 Å². The molecule has 1 aromatic carbocycles. The molecule has 1 atom stereocenters. The van der Waals surface area contributed by atoms with E-state index in [0.29, 0.717) is 51.7 Å². The first-order valence-corrected chi connectivity index (χ1v) is 11.5. The van der Waals surface area contributed by atoms with Gasteiger partial charge in [0.15, 0.2) is 6.10 Å². The number of nitrogens with two attached hydrogens (primary N) is 1. The molecular formula is C22H27FN6O4S. The summed E-state index contributed by atoms with van der Waals surface area (Å²) in [5, 5.41) is 18.1. The van der Waals surface area contributed by atoms with Crippen molar-refractivity contribution in [1.82, 2.24) is 20.6 Å². The smallest absolute Gasteiger partial charge is 0.261 e. The molecule has 3 aromatic rings. The zero-order valence-corrected chi connectivity index (χ0v) is 19.7. The van der Waals surface area contributed by atoms with E-state index in [0.717, 1.165) is 0 Å². The minimum Gasteiger partial charge on any atom is -0.479 e. The molecule has 12 heteroatoms. The SMILES string of the molecule is Cc1c(C(=O)NCCO)sc2ncnc(Nc3ccc(F)cc3OC(C)C(=O)NCCCN)c12. The summed E-state index contributed by atoms with van der Waals surface area (Å²) in [6, 6.07) is 3.92. The van der Waals surface area contributed by atoms with Crippen LogP contribution in [-0.4, -0.2) is 59.2 Å². The fraction of sp³-hybridized carbons (Fsp3) is 0.364. The molecule has 0 saturated heterocycles. The van der Waals surface area contributed by atoms with Crippen molar-refractivity contribution in [2.45, 2.75) is 26.4 Å². The molecule has 6 N–H and O–H groups in total. The molecule has 0 aliphatic rings. The Hall–Kier alpha value is -3.35. The second kappa shape index (κ2) is 11.7. The number of rotatable bonds is 11. The van der Waals surface area contributed by atoms with Gasteiger partial charge >= 0.3 is 0 Å². The van der Waals surface area contributed by atoms with Gasteiger partial charge in [-0.2, -0.15) is 0 Å². The van der Waals surface area contributed by atoms with Crippen LogP contribution in [0.15, 0.2) is 24.5 Å². The van der Waals surface area contributed by atoms with Gasteiger partial charge in [0.1, 0.15) is 28.5 Å².